The maximum absolute atomic E-state index is 15.0. The first kappa shape index (κ1) is 27.0. The van der Waals surface area contributed by atoms with E-state index in [2.05, 4.69) is 0 Å². The van der Waals surface area contributed by atoms with Gasteiger partial charge in [-0.25, -0.2) is 4.39 Å². The molecule has 0 saturated heterocycles. The van der Waals surface area contributed by atoms with Crippen LogP contribution in [0.5, 0.6) is 17.2 Å². The third-order valence-electron chi connectivity index (χ3n) is 7.57. The fourth-order valence-electron chi connectivity index (χ4n) is 5.73. The van der Waals surface area contributed by atoms with E-state index in [4.69, 9.17) is 19.3 Å². The zero-order valence-electron chi connectivity index (χ0n) is 22.8. The Kier molecular flexibility index (Phi) is 7.29. The Morgan fingerprint density at radius 3 is 2.51 bits per heavy atom. The molecule has 1 aliphatic carbocycles. The van der Waals surface area contributed by atoms with Crippen LogP contribution >= 0.6 is 0 Å². The summed E-state index contributed by atoms with van der Waals surface area (Å²) in [6.45, 7) is 8.28. The topological polar surface area (TPSA) is 85.2 Å². The highest BCUT2D eigenvalue weighted by Gasteiger charge is 2.31. The summed E-state index contributed by atoms with van der Waals surface area (Å²) < 4.78 is 33.0. The number of carboxylic acids is 1. The molecule has 1 heterocycles. The van der Waals surface area contributed by atoms with Gasteiger partial charge in [-0.05, 0) is 104 Å². The summed E-state index contributed by atoms with van der Waals surface area (Å²) in [7, 11) is 0. The predicted octanol–water partition coefficient (Wildman–Crippen LogP) is 6.67. The number of aliphatic hydroxyl groups is 1. The highest BCUT2D eigenvalue weighted by molar-refractivity contribution is 5.76. The molecule has 2 N–H and O–H groups in total. The van der Waals surface area contributed by atoms with E-state index in [1.54, 1.807) is 32.0 Å². The SMILES string of the molecule is Cc1cc(OCCC(C)(C)O)cc(C)c1-c1cc(F)cc2c1CC[C@H]2Oc1ccc2c(c1)OCC2CC(=O)O. The normalized spacial score (nSPS) is 17.9. The molecule has 5 rings (SSSR count). The van der Waals surface area contributed by atoms with Crippen LogP contribution in [0.25, 0.3) is 11.1 Å². The second kappa shape index (κ2) is 10.5. The molecular formula is C32H35FO6. The standard InChI is InChI=1S/C32H35FO6/c1-18-11-23(37-10-9-32(3,4)36)12-19(2)31(18)27-15-21(33)14-26-25(27)7-8-28(26)39-22-5-6-24-20(13-30(34)35)17-38-29(24)16-22/h5-6,11-12,14-16,20,28,36H,7-10,13,17H2,1-4H3,(H,34,35)/t20?,28-/m1/s1. The first-order chi connectivity index (χ1) is 18.5. The van der Waals surface area contributed by atoms with Gasteiger partial charge in [0.25, 0.3) is 0 Å². The van der Waals surface area contributed by atoms with Gasteiger partial charge in [-0.15, -0.1) is 0 Å². The smallest absolute Gasteiger partial charge is 0.304 e. The molecule has 0 radical (unpaired) electrons. The van der Waals surface area contributed by atoms with E-state index >= 15 is 0 Å². The highest BCUT2D eigenvalue weighted by atomic mass is 19.1. The van der Waals surface area contributed by atoms with Crippen LogP contribution in [0.3, 0.4) is 0 Å². The molecule has 1 aliphatic heterocycles. The van der Waals surface area contributed by atoms with Crippen LogP contribution in [0, 0.1) is 19.7 Å². The lowest BCUT2D eigenvalue weighted by molar-refractivity contribution is -0.137. The van der Waals surface area contributed by atoms with E-state index in [9.17, 15) is 14.3 Å². The second-order valence-corrected chi connectivity index (χ2v) is 11.3. The Bertz CT molecular complexity index is 1380. The zero-order valence-corrected chi connectivity index (χ0v) is 22.8. The maximum atomic E-state index is 15.0. The first-order valence-electron chi connectivity index (χ1n) is 13.4. The van der Waals surface area contributed by atoms with Gasteiger partial charge in [0.1, 0.15) is 29.2 Å². The van der Waals surface area contributed by atoms with Gasteiger partial charge in [0.15, 0.2) is 0 Å². The molecule has 7 heteroatoms. The van der Waals surface area contributed by atoms with Crippen LogP contribution in [-0.2, 0) is 11.2 Å². The second-order valence-electron chi connectivity index (χ2n) is 11.3. The van der Waals surface area contributed by atoms with Crippen LogP contribution in [0.1, 0.15) is 72.9 Å². The van der Waals surface area contributed by atoms with E-state index in [-0.39, 0.29) is 24.3 Å². The number of carboxylic acid groups (broad SMARTS) is 1. The summed E-state index contributed by atoms with van der Waals surface area (Å²) in [6.07, 6.45) is 1.74. The molecule has 206 valence electrons. The summed E-state index contributed by atoms with van der Waals surface area (Å²) in [4.78, 5) is 11.1. The number of carbonyl (C=O) groups is 1. The van der Waals surface area contributed by atoms with Gasteiger partial charge in [-0.2, -0.15) is 0 Å². The van der Waals surface area contributed by atoms with Gasteiger partial charge in [-0.1, -0.05) is 6.07 Å². The van der Waals surface area contributed by atoms with E-state index in [0.717, 1.165) is 57.5 Å². The van der Waals surface area contributed by atoms with E-state index in [1.807, 2.05) is 38.1 Å². The molecular weight excluding hydrogens is 499 g/mol. The summed E-state index contributed by atoms with van der Waals surface area (Å²) >= 11 is 0. The van der Waals surface area contributed by atoms with Crippen molar-refractivity contribution in [2.45, 2.75) is 71.0 Å². The minimum absolute atomic E-state index is 0.0258. The minimum atomic E-state index is -0.851. The fourth-order valence-corrected chi connectivity index (χ4v) is 5.73. The monoisotopic (exact) mass is 534 g/mol. The van der Waals surface area contributed by atoms with Crippen molar-refractivity contribution in [3.63, 3.8) is 0 Å². The van der Waals surface area contributed by atoms with Crippen molar-refractivity contribution in [2.75, 3.05) is 13.2 Å². The Balaban J connectivity index is 1.38. The average Bonchev–Trinajstić information content (AvgIpc) is 3.41. The number of rotatable bonds is 9. The van der Waals surface area contributed by atoms with Crippen molar-refractivity contribution < 1.29 is 33.6 Å². The third-order valence-corrected chi connectivity index (χ3v) is 7.57. The Hall–Kier alpha value is -3.58. The Morgan fingerprint density at radius 1 is 1.08 bits per heavy atom. The van der Waals surface area contributed by atoms with Gasteiger partial charge in [-0.3, -0.25) is 4.79 Å². The van der Waals surface area contributed by atoms with Gasteiger partial charge in [0.2, 0.25) is 0 Å². The molecule has 1 unspecified atom stereocenters. The quantitative estimate of drug-likeness (QED) is 0.319. The molecule has 6 nitrogen and oxygen atoms in total. The van der Waals surface area contributed by atoms with Gasteiger partial charge in [0, 0.05) is 24.0 Å². The zero-order chi connectivity index (χ0) is 27.9. The molecule has 0 saturated carbocycles. The summed E-state index contributed by atoms with van der Waals surface area (Å²) in [5.41, 5.74) is 5.89. The van der Waals surface area contributed by atoms with Crippen LogP contribution in [-0.4, -0.2) is 35.0 Å². The van der Waals surface area contributed by atoms with E-state index in [0.29, 0.717) is 31.1 Å². The van der Waals surface area contributed by atoms with E-state index in [1.165, 1.54) is 0 Å². The number of hydrogen-bond donors (Lipinski definition) is 2. The third kappa shape index (κ3) is 5.88. The maximum Gasteiger partial charge on any atom is 0.304 e. The minimum Gasteiger partial charge on any atom is -0.493 e. The molecule has 2 aliphatic rings. The van der Waals surface area contributed by atoms with Crippen LogP contribution in [0.15, 0.2) is 42.5 Å². The van der Waals surface area contributed by atoms with Crippen molar-refractivity contribution in [1.29, 1.82) is 0 Å². The lowest BCUT2D eigenvalue weighted by Gasteiger charge is -2.20. The molecule has 3 aromatic carbocycles. The molecule has 0 spiro atoms. The van der Waals surface area contributed by atoms with Gasteiger partial charge < -0.3 is 24.4 Å². The van der Waals surface area contributed by atoms with E-state index < -0.39 is 11.6 Å². The van der Waals surface area contributed by atoms with Crippen molar-refractivity contribution in [3.05, 3.63) is 76.1 Å². The molecule has 0 bridgehead atoms. The van der Waals surface area contributed by atoms with Crippen LogP contribution in [0.2, 0.25) is 0 Å². The highest BCUT2D eigenvalue weighted by Crippen LogP contribution is 2.44. The number of aryl methyl sites for hydroxylation is 2. The number of hydrogen-bond acceptors (Lipinski definition) is 5. The molecule has 3 aromatic rings. The Morgan fingerprint density at radius 2 is 1.82 bits per heavy atom. The molecule has 0 aromatic heterocycles. The molecule has 0 amide bonds. The summed E-state index contributed by atoms with van der Waals surface area (Å²) in [5, 5.41) is 19.1. The largest absolute Gasteiger partial charge is 0.493 e. The number of aliphatic carboxylic acids is 1. The van der Waals surface area contributed by atoms with Crippen molar-refractivity contribution >= 4 is 5.97 Å². The van der Waals surface area contributed by atoms with Crippen molar-refractivity contribution in [1.82, 2.24) is 0 Å². The number of halogens is 1. The number of fused-ring (bicyclic) bond motifs is 2. The van der Waals surface area contributed by atoms with Gasteiger partial charge >= 0.3 is 5.97 Å². The average molecular weight is 535 g/mol. The van der Waals surface area contributed by atoms with Crippen molar-refractivity contribution in [3.8, 4) is 28.4 Å². The Labute approximate surface area is 228 Å². The first-order valence-corrected chi connectivity index (χ1v) is 13.4. The summed E-state index contributed by atoms with van der Waals surface area (Å²) in [5.74, 6) is 0.672. The lowest BCUT2D eigenvalue weighted by atomic mass is 9.90. The fraction of sp³-hybridized carbons (Fsp3) is 0.406. The molecule has 2 atom stereocenters. The van der Waals surface area contributed by atoms with Crippen LogP contribution in [0.4, 0.5) is 4.39 Å². The lowest BCUT2D eigenvalue weighted by Crippen LogP contribution is -2.21. The predicted molar refractivity (Wildman–Crippen MR) is 146 cm³/mol. The molecule has 39 heavy (non-hydrogen) atoms. The van der Waals surface area contributed by atoms with Crippen LogP contribution < -0.4 is 14.2 Å². The summed E-state index contributed by atoms with van der Waals surface area (Å²) in [6, 6.07) is 12.6. The number of ether oxygens (including phenoxy) is 3. The van der Waals surface area contributed by atoms with Crippen molar-refractivity contribution in [2.24, 2.45) is 0 Å². The molecule has 0 fully saturated rings. The van der Waals surface area contributed by atoms with Gasteiger partial charge in [0.05, 0.1) is 25.2 Å². The number of benzene rings is 3.